The highest BCUT2D eigenvalue weighted by Gasteiger charge is 2.39. The lowest BCUT2D eigenvalue weighted by Gasteiger charge is -2.22. The highest BCUT2D eigenvalue weighted by molar-refractivity contribution is 5.94. The Kier molecular flexibility index (Phi) is 5.95. The molecule has 0 aliphatic carbocycles. The number of aromatic nitrogens is 3. The molecule has 1 amide bonds. The van der Waals surface area contributed by atoms with E-state index in [-0.39, 0.29) is 18.1 Å². The second-order valence-corrected chi connectivity index (χ2v) is 8.18. The van der Waals surface area contributed by atoms with Crippen molar-refractivity contribution in [1.82, 2.24) is 20.1 Å². The Morgan fingerprint density at radius 3 is 2.53 bits per heavy atom. The maximum absolute atomic E-state index is 13.3. The van der Waals surface area contributed by atoms with Gasteiger partial charge in [-0.05, 0) is 36.1 Å². The number of benzene rings is 2. The highest BCUT2D eigenvalue weighted by atomic mass is 16.5. The number of ether oxygens (including phenoxy) is 1. The van der Waals surface area contributed by atoms with Crippen molar-refractivity contribution in [2.75, 3.05) is 6.54 Å². The number of nitrogens with one attached hydrogen (secondary N) is 1. The van der Waals surface area contributed by atoms with E-state index in [1.807, 2.05) is 66.4 Å². The second-order valence-electron chi connectivity index (χ2n) is 8.18. The molecule has 0 unspecified atom stereocenters. The Morgan fingerprint density at radius 2 is 1.90 bits per heavy atom. The van der Waals surface area contributed by atoms with E-state index < -0.39 is 0 Å². The van der Waals surface area contributed by atoms with Crippen molar-refractivity contribution < 1.29 is 9.53 Å². The smallest absolute Gasteiger partial charge is 0.254 e. The average molecular weight is 405 g/mol. The van der Waals surface area contributed by atoms with Gasteiger partial charge in [-0.2, -0.15) is 5.10 Å². The third kappa shape index (κ3) is 4.44. The van der Waals surface area contributed by atoms with Crippen molar-refractivity contribution in [3.05, 3.63) is 82.9 Å². The molecule has 6 heteroatoms. The van der Waals surface area contributed by atoms with Crippen molar-refractivity contribution >= 4 is 5.91 Å². The number of carbonyl (C=O) groups is 1. The molecule has 2 heterocycles. The van der Waals surface area contributed by atoms with Gasteiger partial charge in [0.05, 0.1) is 18.8 Å². The lowest BCUT2D eigenvalue weighted by molar-refractivity contribution is 0.0437. The SMILES string of the molecule is Cc1nc([C@@H]2C[C@H](OCc3ccccc3)CN2C(=O)c2ccc(C(C)C)cc2)n[nH]1. The molecule has 2 aromatic carbocycles. The topological polar surface area (TPSA) is 71.1 Å². The van der Waals surface area contributed by atoms with Crippen molar-refractivity contribution in [3.63, 3.8) is 0 Å². The molecule has 3 aromatic rings. The zero-order valence-corrected chi connectivity index (χ0v) is 17.7. The Bertz CT molecular complexity index is 982. The van der Waals surface area contributed by atoms with Gasteiger partial charge in [0, 0.05) is 18.5 Å². The summed E-state index contributed by atoms with van der Waals surface area (Å²) in [5.74, 6) is 1.81. The van der Waals surface area contributed by atoms with Crippen LogP contribution in [0.5, 0.6) is 0 Å². The van der Waals surface area contributed by atoms with Crippen LogP contribution < -0.4 is 0 Å². The monoisotopic (exact) mass is 404 g/mol. The summed E-state index contributed by atoms with van der Waals surface area (Å²) in [5, 5.41) is 7.23. The molecule has 156 valence electrons. The van der Waals surface area contributed by atoms with E-state index in [2.05, 4.69) is 29.0 Å². The molecule has 30 heavy (non-hydrogen) atoms. The van der Waals surface area contributed by atoms with Crippen LogP contribution in [0.3, 0.4) is 0 Å². The summed E-state index contributed by atoms with van der Waals surface area (Å²) in [6.45, 7) is 7.21. The van der Waals surface area contributed by atoms with Gasteiger partial charge in [-0.1, -0.05) is 56.3 Å². The first-order chi connectivity index (χ1) is 14.5. The van der Waals surface area contributed by atoms with Gasteiger partial charge in [-0.15, -0.1) is 0 Å². The molecular formula is C24H28N4O2. The molecule has 1 saturated heterocycles. The van der Waals surface area contributed by atoms with Gasteiger partial charge in [-0.25, -0.2) is 4.98 Å². The van der Waals surface area contributed by atoms with Crippen LogP contribution in [0.4, 0.5) is 0 Å². The number of nitrogens with zero attached hydrogens (tertiary/aromatic N) is 3. The van der Waals surface area contributed by atoms with Crippen LogP contribution >= 0.6 is 0 Å². The van der Waals surface area contributed by atoms with Crippen molar-refractivity contribution in [1.29, 1.82) is 0 Å². The fourth-order valence-electron chi connectivity index (χ4n) is 3.86. The minimum atomic E-state index is -0.201. The normalized spacial score (nSPS) is 18.9. The Hall–Kier alpha value is -2.99. The molecule has 2 atom stereocenters. The average Bonchev–Trinajstić information content (AvgIpc) is 3.38. The Labute approximate surface area is 177 Å². The minimum Gasteiger partial charge on any atom is -0.372 e. The summed E-state index contributed by atoms with van der Waals surface area (Å²) >= 11 is 0. The van der Waals surface area contributed by atoms with E-state index in [0.717, 1.165) is 11.4 Å². The van der Waals surface area contributed by atoms with Gasteiger partial charge in [0.2, 0.25) is 0 Å². The lowest BCUT2D eigenvalue weighted by atomic mass is 10.0. The third-order valence-electron chi connectivity index (χ3n) is 5.59. The van der Waals surface area contributed by atoms with Crippen LogP contribution in [0, 0.1) is 6.92 Å². The van der Waals surface area contributed by atoms with Gasteiger partial charge in [0.1, 0.15) is 5.82 Å². The summed E-state index contributed by atoms with van der Waals surface area (Å²) in [4.78, 5) is 19.7. The fraction of sp³-hybridized carbons (Fsp3) is 0.375. The molecule has 6 nitrogen and oxygen atoms in total. The Morgan fingerprint density at radius 1 is 1.17 bits per heavy atom. The molecule has 0 bridgehead atoms. The summed E-state index contributed by atoms with van der Waals surface area (Å²) in [5.41, 5.74) is 3.02. The maximum atomic E-state index is 13.3. The number of carbonyl (C=O) groups excluding carboxylic acids is 1. The third-order valence-corrected chi connectivity index (χ3v) is 5.59. The summed E-state index contributed by atoms with van der Waals surface area (Å²) in [6.07, 6.45) is 0.618. The first kappa shape index (κ1) is 20.3. The molecule has 4 rings (SSSR count). The zero-order valence-electron chi connectivity index (χ0n) is 17.7. The van der Waals surface area contributed by atoms with Gasteiger partial charge >= 0.3 is 0 Å². The van der Waals surface area contributed by atoms with Gasteiger partial charge in [-0.3, -0.25) is 9.89 Å². The quantitative estimate of drug-likeness (QED) is 0.661. The molecule has 1 aromatic heterocycles. The number of hydrogen-bond donors (Lipinski definition) is 1. The second kappa shape index (κ2) is 8.79. The van der Waals surface area contributed by atoms with E-state index in [1.165, 1.54) is 5.56 Å². The van der Waals surface area contributed by atoms with Gasteiger partial charge in [0.15, 0.2) is 5.82 Å². The van der Waals surface area contributed by atoms with Crippen molar-refractivity contribution in [3.8, 4) is 0 Å². The van der Waals surface area contributed by atoms with Crippen molar-refractivity contribution in [2.24, 2.45) is 0 Å². The lowest BCUT2D eigenvalue weighted by Crippen LogP contribution is -2.32. The molecule has 1 fully saturated rings. The number of hydrogen-bond acceptors (Lipinski definition) is 4. The maximum Gasteiger partial charge on any atom is 0.254 e. The standard InChI is InChI=1S/C24H28N4O2/c1-16(2)19-9-11-20(12-10-19)24(29)28-14-21(30-15-18-7-5-4-6-8-18)13-22(28)23-25-17(3)26-27-23/h4-12,16,21-22H,13-15H2,1-3H3,(H,25,26,27)/t21-,22-/m0/s1. The summed E-state index contributed by atoms with van der Waals surface area (Å²) in [7, 11) is 0. The summed E-state index contributed by atoms with van der Waals surface area (Å²) < 4.78 is 6.15. The number of rotatable bonds is 6. The van der Waals surface area contributed by atoms with Gasteiger partial charge < -0.3 is 9.64 Å². The van der Waals surface area contributed by atoms with Crippen LogP contribution in [0.25, 0.3) is 0 Å². The van der Waals surface area contributed by atoms with Crippen LogP contribution in [-0.2, 0) is 11.3 Å². The molecule has 1 aliphatic heterocycles. The number of H-pyrrole nitrogens is 1. The zero-order chi connectivity index (χ0) is 21.1. The fourth-order valence-corrected chi connectivity index (χ4v) is 3.86. The largest absolute Gasteiger partial charge is 0.372 e. The predicted molar refractivity (Wildman–Crippen MR) is 115 cm³/mol. The molecule has 0 saturated carbocycles. The van der Waals surface area contributed by atoms with Crippen LogP contribution in [0.15, 0.2) is 54.6 Å². The van der Waals surface area contributed by atoms with E-state index >= 15 is 0 Å². The predicted octanol–water partition coefficient (Wildman–Crippen LogP) is 4.41. The summed E-state index contributed by atoms with van der Waals surface area (Å²) in [6, 6.07) is 17.8. The molecule has 1 aliphatic rings. The van der Waals surface area contributed by atoms with Crippen molar-refractivity contribution in [2.45, 2.75) is 51.9 Å². The van der Waals surface area contributed by atoms with Crippen LogP contribution in [0.1, 0.15) is 65.4 Å². The van der Waals surface area contributed by atoms with E-state index in [4.69, 9.17) is 4.74 Å². The first-order valence-electron chi connectivity index (χ1n) is 10.5. The Balaban J connectivity index is 1.52. The minimum absolute atomic E-state index is 0.0106. The molecule has 1 N–H and O–H groups in total. The number of likely N-dealkylation sites (tertiary alicyclic amines) is 1. The van der Waals surface area contributed by atoms with Gasteiger partial charge in [0.25, 0.3) is 5.91 Å². The van der Waals surface area contributed by atoms with Crippen LogP contribution in [0.2, 0.25) is 0 Å². The first-order valence-corrected chi connectivity index (χ1v) is 10.5. The van der Waals surface area contributed by atoms with E-state index in [1.54, 1.807) is 0 Å². The molecule has 0 radical (unpaired) electrons. The number of aromatic amines is 1. The molecular weight excluding hydrogens is 376 g/mol. The molecule has 0 spiro atoms. The number of amides is 1. The van der Waals surface area contributed by atoms with E-state index in [0.29, 0.717) is 36.9 Å². The van der Waals surface area contributed by atoms with Crippen LogP contribution in [-0.4, -0.2) is 38.6 Å². The highest BCUT2D eigenvalue weighted by Crippen LogP contribution is 2.33. The number of aryl methyl sites for hydroxylation is 1. The van der Waals surface area contributed by atoms with E-state index in [9.17, 15) is 4.79 Å².